The number of hydrogen-bond donors (Lipinski definition) is 2. The van der Waals surface area contributed by atoms with Crippen LogP contribution in [0.15, 0.2) is 12.1 Å². The minimum Gasteiger partial charge on any atom is -0.330 e. The summed E-state index contributed by atoms with van der Waals surface area (Å²) in [5, 5.41) is 3.52. The molecule has 17 heavy (non-hydrogen) atoms. The first-order valence-corrected chi connectivity index (χ1v) is 6.52. The van der Waals surface area contributed by atoms with Crippen LogP contribution < -0.4 is 11.1 Å². The molecule has 0 heterocycles. The molecule has 0 radical (unpaired) electrons. The number of nitrogens with one attached hydrogen (secondary N) is 1. The van der Waals surface area contributed by atoms with Crippen molar-refractivity contribution in [3.63, 3.8) is 0 Å². The molecule has 0 saturated heterocycles. The van der Waals surface area contributed by atoms with Crippen molar-refractivity contribution in [2.45, 2.75) is 40.7 Å². The molecule has 0 bridgehead atoms. The first-order chi connectivity index (χ1) is 8.04. The van der Waals surface area contributed by atoms with Crippen molar-refractivity contribution in [3.05, 3.63) is 34.4 Å². The topological polar surface area (TPSA) is 38.0 Å². The maximum Gasteiger partial charge on any atom is 0.0208 e. The Bertz CT molecular complexity index is 358. The van der Waals surface area contributed by atoms with E-state index < -0.39 is 0 Å². The minimum absolute atomic E-state index is 0.659. The van der Waals surface area contributed by atoms with Crippen molar-refractivity contribution in [1.82, 2.24) is 5.32 Å². The van der Waals surface area contributed by atoms with Crippen LogP contribution in [-0.4, -0.2) is 13.1 Å². The molecule has 0 aromatic heterocycles. The number of benzene rings is 1. The van der Waals surface area contributed by atoms with Crippen LogP contribution in [0.5, 0.6) is 0 Å². The number of hydrogen-bond acceptors (Lipinski definition) is 2. The monoisotopic (exact) mass is 234 g/mol. The van der Waals surface area contributed by atoms with E-state index in [1.807, 2.05) is 0 Å². The lowest BCUT2D eigenvalue weighted by Crippen LogP contribution is -2.23. The average Bonchev–Trinajstić information content (AvgIpc) is 2.26. The Balaban J connectivity index is 2.49. The van der Waals surface area contributed by atoms with Crippen molar-refractivity contribution < 1.29 is 0 Å². The first-order valence-electron chi connectivity index (χ1n) is 6.52. The normalized spacial score (nSPS) is 12.8. The molecule has 96 valence electrons. The van der Waals surface area contributed by atoms with E-state index in [9.17, 15) is 0 Å². The van der Waals surface area contributed by atoms with E-state index in [1.54, 1.807) is 0 Å². The second-order valence-corrected chi connectivity index (χ2v) is 5.18. The average molecular weight is 234 g/mol. The molecule has 2 nitrogen and oxygen atoms in total. The highest BCUT2D eigenvalue weighted by atomic mass is 14.9. The third-order valence-corrected chi connectivity index (χ3v) is 3.42. The SMILES string of the molecule is Cc1cc(C)c(CNCC(C)CCN)cc1C. The molecular formula is C15H26N2. The molecule has 1 rings (SSSR count). The van der Waals surface area contributed by atoms with Gasteiger partial charge in [0.1, 0.15) is 0 Å². The molecule has 1 aromatic carbocycles. The predicted molar refractivity (Wildman–Crippen MR) is 75.2 cm³/mol. The van der Waals surface area contributed by atoms with Gasteiger partial charge in [0.25, 0.3) is 0 Å². The Kier molecular flexibility index (Phi) is 5.66. The summed E-state index contributed by atoms with van der Waals surface area (Å²) in [5.74, 6) is 0.659. The van der Waals surface area contributed by atoms with Gasteiger partial charge in [0.15, 0.2) is 0 Å². The molecule has 0 aliphatic heterocycles. The van der Waals surface area contributed by atoms with Gasteiger partial charge in [-0.2, -0.15) is 0 Å². The smallest absolute Gasteiger partial charge is 0.0208 e. The van der Waals surface area contributed by atoms with Gasteiger partial charge in [-0.05, 0) is 68.5 Å². The lowest BCUT2D eigenvalue weighted by molar-refractivity contribution is 0.486. The van der Waals surface area contributed by atoms with E-state index in [1.165, 1.54) is 22.3 Å². The third kappa shape index (κ3) is 4.49. The van der Waals surface area contributed by atoms with Crippen LogP contribution in [0.3, 0.4) is 0 Å². The lowest BCUT2D eigenvalue weighted by atomic mass is 10.0. The Labute approximate surface area is 106 Å². The minimum atomic E-state index is 0.659. The third-order valence-electron chi connectivity index (χ3n) is 3.42. The zero-order chi connectivity index (χ0) is 12.8. The van der Waals surface area contributed by atoms with E-state index in [0.717, 1.165) is 26.1 Å². The molecule has 1 aromatic rings. The molecule has 0 aliphatic carbocycles. The van der Waals surface area contributed by atoms with E-state index >= 15 is 0 Å². The molecule has 2 heteroatoms. The van der Waals surface area contributed by atoms with Gasteiger partial charge in [-0.3, -0.25) is 0 Å². The molecule has 0 spiro atoms. The van der Waals surface area contributed by atoms with Gasteiger partial charge in [0.2, 0.25) is 0 Å². The number of rotatable bonds is 6. The number of nitrogens with two attached hydrogens (primary N) is 1. The van der Waals surface area contributed by atoms with E-state index in [2.05, 4.69) is 45.1 Å². The summed E-state index contributed by atoms with van der Waals surface area (Å²) in [4.78, 5) is 0. The molecule has 0 fully saturated rings. The second-order valence-electron chi connectivity index (χ2n) is 5.18. The summed E-state index contributed by atoms with van der Waals surface area (Å²) in [7, 11) is 0. The zero-order valence-electron chi connectivity index (χ0n) is 11.6. The van der Waals surface area contributed by atoms with Crippen LogP contribution >= 0.6 is 0 Å². The van der Waals surface area contributed by atoms with Crippen LogP contribution in [0.4, 0.5) is 0 Å². The van der Waals surface area contributed by atoms with Gasteiger partial charge >= 0.3 is 0 Å². The Morgan fingerprint density at radius 2 is 1.76 bits per heavy atom. The Morgan fingerprint density at radius 3 is 2.41 bits per heavy atom. The van der Waals surface area contributed by atoms with Crippen LogP contribution in [0.2, 0.25) is 0 Å². The maximum absolute atomic E-state index is 5.55. The molecule has 3 N–H and O–H groups in total. The summed E-state index contributed by atoms with van der Waals surface area (Å²) in [6.45, 7) is 11.6. The Morgan fingerprint density at radius 1 is 1.12 bits per heavy atom. The van der Waals surface area contributed by atoms with E-state index in [0.29, 0.717) is 5.92 Å². The van der Waals surface area contributed by atoms with Gasteiger partial charge in [-0.15, -0.1) is 0 Å². The summed E-state index contributed by atoms with van der Waals surface area (Å²) in [6, 6.07) is 4.57. The van der Waals surface area contributed by atoms with Crippen LogP contribution in [0.25, 0.3) is 0 Å². The fourth-order valence-electron chi connectivity index (χ4n) is 2.05. The van der Waals surface area contributed by atoms with Crippen molar-refractivity contribution in [2.75, 3.05) is 13.1 Å². The molecule has 1 atom stereocenters. The highest BCUT2D eigenvalue weighted by molar-refractivity contribution is 5.36. The van der Waals surface area contributed by atoms with Crippen molar-refractivity contribution in [1.29, 1.82) is 0 Å². The zero-order valence-corrected chi connectivity index (χ0v) is 11.6. The Hall–Kier alpha value is -0.860. The molecular weight excluding hydrogens is 208 g/mol. The quantitative estimate of drug-likeness (QED) is 0.794. The van der Waals surface area contributed by atoms with E-state index in [-0.39, 0.29) is 0 Å². The van der Waals surface area contributed by atoms with Gasteiger partial charge in [-0.25, -0.2) is 0 Å². The van der Waals surface area contributed by atoms with Gasteiger partial charge in [0.05, 0.1) is 0 Å². The van der Waals surface area contributed by atoms with Crippen LogP contribution in [0.1, 0.15) is 35.6 Å². The fourth-order valence-corrected chi connectivity index (χ4v) is 2.05. The summed E-state index contributed by atoms with van der Waals surface area (Å²) >= 11 is 0. The molecule has 0 aliphatic rings. The standard InChI is InChI=1S/C15H26N2/c1-11(5-6-16)9-17-10-15-8-13(3)12(2)7-14(15)4/h7-8,11,17H,5-6,9-10,16H2,1-4H3. The van der Waals surface area contributed by atoms with Gasteiger partial charge in [-0.1, -0.05) is 19.1 Å². The number of aryl methyl sites for hydroxylation is 3. The molecule has 0 amide bonds. The summed E-state index contributed by atoms with van der Waals surface area (Å²) in [5.41, 5.74) is 11.1. The lowest BCUT2D eigenvalue weighted by Gasteiger charge is -2.14. The van der Waals surface area contributed by atoms with Crippen LogP contribution in [-0.2, 0) is 6.54 Å². The summed E-state index contributed by atoms with van der Waals surface area (Å²) in [6.07, 6.45) is 1.10. The van der Waals surface area contributed by atoms with E-state index in [4.69, 9.17) is 5.73 Å². The predicted octanol–water partition coefficient (Wildman–Crippen LogP) is 2.69. The first kappa shape index (κ1) is 14.2. The van der Waals surface area contributed by atoms with Crippen molar-refractivity contribution >= 4 is 0 Å². The molecule has 0 saturated carbocycles. The van der Waals surface area contributed by atoms with Crippen LogP contribution in [0, 0.1) is 26.7 Å². The second kappa shape index (κ2) is 6.77. The van der Waals surface area contributed by atoms with Crippen molar-refractivity contribution in [3.8, 4) is 0 Å². The highest BCUT2D eigenvalue weighted by Crippen LogP contribution is 2.15. The largest absolute Gasteiger partial charge is 0.330 e. The fraction of sp³-hybridized carbons (Fsp3) is 0.600. The van der Waals surface area contributed by atoms with Gasteiger partial charge < -0.3 is 11.1 Å². The summed E-state index contributed by atoms with van der Waals surface area (Å²) < 4.78 is 0. The van der Waals surface area contributed by atoms with Crippen molar-refractivity contribution in [2.24, 2.45) is 11.7 Å². The van der Waals surface area contributed by atoms with Gasteiger partial charge in [0, 0.05) is 6.54 Å². The maximum atomic E-state index is 5.55. The highest BCUT2D eigenvalue weighted by Gasteiger charge is 2.03. The molecule has 1 unspecified atom stereocenters.